The van der Waals surface area contributed by atoms with Crippen LogP contribution in [-0.2, 0) is 9.63 Å². The van der Waals surface area contributed by atoms with Crippen molar-refractivity contribution in [1.82, 2.24) is 10.2 Å². The molecular formula is C26H27Cl2N3O5. The number of ether oxygens (including phenoxy) is 1. The van der Waals surface area contributed by atoms with Gasteiger partial charge in [-0.1, -0.05) is 34.4 Å². The van der Waals surface area contributed by atoms with Crippen LogP contribution in [0, 0.1) is 0 Å². The zero-order chi connectivity index (χ0) is 25.2. The molecule has 2 N–H and O–H groups in total. The molecule has 0 unspecified atom stereocenters. The standard InChI is InChI=1S/C26H27Cl2N3O5/c1-34-30-24(23-13-16-11-17(27)4-8-21(16)36-23)26(33)29-20(14-31-9-2-10-31)25(32)15-3-7-22(19(28)12-15)35-18-5-6-18/h3-4,7-8,11-13,18,20,25,32H,2,5-6,9-10,14H2,1H3,(H,29,33)/t20-,25-/m1/s1. The summed E-state index contributed by atoms with van der Waals surface area (Å²) in [6.07, 6.45) is 2.32. The number of aliphatic hydroxyl groups is 1. The fourth-order valence-corrected chi connectivity index (χ4v) is 4.53. The van der Waals surface area contributed by atoms with Crippen molar-refractivity contribution >= 4 is 45.8 Å². The van der Waals surface area contributed by atoms with Gasteiger partial charge in [0.1, 0.15) is 24.5 Å². The maximum Gasteiger partial charge on any atom is 0.277 e. The molecule has 1 saturated heterocycles. The molecule has 2 heterocycles. The lowest BCUT2D eigenvalue weighted by Gasteiger charge is -2.36. The third kappa shape index (κ3) is 5.62. The van der Waals surface area contributed by atoms with Crippen LogP contribution in [-0.4, -0.2) is 60.5 Å². The van der Waals surface area contributed by atoms with Crippen LogP contribution in [0.4, 0.5) is 0 Å². The fourth-order valence-electron chi connectivity index (χ4n) is 4.12. The first-order chi connectivity index (χ1) is 17.4. The molecule has 1 aliphatic carbocycles. The summed E-state index contributed by atoms with van der Waals surface area (Å²) in [5.41, 5.74) is 1.10. The van der Waals surface area contributed by atoms with Crippen molar-refractivity contribution in [3.05, 3.63) is 63.8 Å². The van der Waals surface area contributed by atoms with Gasteiger partial charge in [-0.05, 0) is 74.3 Å². The van der Waals surface area contributed by atoms with Crippen LogP contribution < -0.4 is 10.1 Å². The van der Waals surface area contributed by atoms with Crippen molar-refractivity contribution in [1.29, 1.82) is 0 Å². The van der Waals surface area contributed by atoms with Crippen LogP contribution in [0.2, 0.25) is 10.0 Å². The van der Waals surface area contributed by atoms with Gasteiger partial charge in [0.25, 0.3) is 5.91 Å². The first-order valence-corrected chi connectivity index (χ1v) is 12.6. The Bertz CT molecular complexity index is 1290. The van der Waals surface area contributed by atoms with E-state index in [4.69, 9.17) is 37.2 Å². The van der Waals surface area contributed by atoms with Gasteiger partial charge in [0.2, 0.25) is 5.71 Å². The molecule has 1 aliphatic heterocycles. The van der Waals surface area contributed by atoms with Gasteiger partial charge in [0, 0.05) is 17.0 Å². The normalized spacial score (nSPS) is 17.9. The molecule has 0 radical (unpaired) electrons. The lowest BCUT2D eigenvalue weighted by Crippen LogP contribution is -2.52. The van der Waals surface area contributed by atoms with Crippen LogP contribution in [0.1, 0.15) is 36.7 Å². The summed E-state index contributed by atoms with van der Waals surface area (Å²) in [4.78, 5) is 20.5. The van der Waals surface area contributed by atoms with Crippen molar-refractivity contribution in [2.75, 3.05) is 26.7 Å². The fraction of sp³-hybridized carbons (Fsp3) is 0.385. The van der Waals surface area contributed by atoms with Crippen molar-refractivity contribution in [2.45, 2.75) is 37.5 Å². The molecule has 3 aromatic rings. The molecule has 10 heteroatoms. The molecular weight excluding hydrogens is 505 g/mol. The highest BCUT2D eigenvalue weighted by Gasteiger charge is 2.31. The number of carbonyl (C=O) groups excluding carboxylic acids is 1. The van der Waals surface area contributed by atoms with Crippen LogP contribution in [0.3, 0.4) is 0 Å². The van der Waals surface area contributed by atoms with Crippen molar-refractivity contribution in [3.8, 4) is 5.75 Å². The Balaban J connectivity index is 1.37. The Kier molecular flexibility index (Phi) is 7.39. The van der Waals surface area contributed by atoms with E-state index in [1.54, 1.807) is 42.5 Å². The van der Waals surface area contributed by atoms with Gasteiger partial charge in [0.05, 0.1) is 17.2 Å². The predicted octanol–water partition coefficient (Wildman–Crippen LogP) is 4.56. The maximum absolute atomic E-state index is 13.4. The predicted molar refractivity (Wildman–Crippen MR) is 138 cm³/mol. The van der Waals surface area contributed by atoms with E-state index in [-0.39, 0.29) is 17.6 Å². The number of rotatable bonds is 10. The second-order valence-corrected chi connectivity index (χ2v) is 9.94. The van der Waals surface area contributed by atoms with E-state index in [1.807, 2.05) is 0 Å². The summed E-state index contributed by atoms with van der Waals surface area (Å²) < 4.78 is 11.6. The van der Waals surface area contributed by atoms with Gasteiger partial charge in [0.15, 0.2) is 5.76 Å². The molecule has 5 rings (SSSR count). The van der Waals surface area contributed by atoms with E-state index in [0.29, 0.717) is 33.5 Å². The number of hydrogen-bond donors (Lipinski definition) is 2. The second-order valence-electron chi connectivity index (χ2n) is 9.10. The van der Waals surface area contributed by atoms with E-state index < -0.39 is 18.1 Å². The summed E-state index contributed by atoms with van der Waals surface area (Å²) >= 11 is 12.5. The highest BCUT2D eigenvalue weighted by molar-refractivity contribution is 6.44. The molecule has 2 aliphatic rings. The molecule has 0 spiro atoms. The zero-order valence-corrected chi connectivity index (χ0v) is 21.3. The molecule has 36 heavy (non-hydrogen) atoms. The number of halogens is 2. The number of oxime groups is 1. The molecule has 190 valence electrons. The monoisotopic (exact) mass is 531 g/mol. The summed E-state index contributed by atoms with van der Waals surface area (Å²) in [6, 6.07) is 11.4. The van der Waals surface area contributed by atoms with E-state index >= 15 is 0 Å². The Morgan fingerprint density at radius 3 is 2.69 bits per heavy atom. The van der Waals surface area contributed by atoms with Gasteiger partial charge < -0.3 is 29.3 Å². The van der Waals surface area contributed by atoms with Crippen molar-refractivity contribution < 1.29 is 23.9 Å². The van der Waals surface area contributed by atoms with Gasteiger partial charge in [-0.25, -0.2) is 0 Å². The third-order valence-electron chi connectivity index (χ3n) is 6.33. The van der Waals surface area contributed by atoms with Gasteiger partial charge in [-0.3, -0.25) is 4.79 Å². The van der Waals surface area contributed by atoms with Crippen molar-refractivity contribution in [2.24, 2.45) is 5.16 Å². The minimum absolute atomic E-state index is 0.0446. The minimum Gasteiger partial charge on any atom is -0.489 e. The molecule has 2 atom stereocenters. The van der Waals surface area contributed by atoms with Crippen LogP contribution in [0.5, 0.6) is 5.75 Å². The zero-order valence-electron chi connectivity index (χ0n) is 19.7. The third-order valence-corrected chi connectivity index (χ3v) is 6.86. The Morgan fingerprint density at radius 1 is 1.22 bits per heavy atom. The minimum atomic E-state index is -1.01. The van der Waals surface area contributed by atoms with E-state index in [9.17, 15) is 9.90 Å². The number of benzene rings is 2. The Hall–Kier alpha value is -2.78. The first-order valence-electron chi connectivity index (χ1n) is 11.9. The lowest BCUT2D eigenvalue weighted by atomic mass is 10.00. The molecule has 8 nitrogen and oxygen atoms in total. The summed E-state index contributed by atoms with van der Waals surface area (Å²) in [6.45, 7) is 2.26. The van der Waals surface area contributed by atoms with Crippen LogP contribution in [0.15, 0.2) is 52.0 Å². The van der Waals surface area contributed by atoms with Gasteiger partial charge in [-0.15, -0.1) is 0 Å². The summed E-state index contributed by atoms with van der Waals surface area (Å²) in [5.74, 6) is 0.290. The summed E-state index contributed by atoms with van der Waals surface area (Å²) in [5, 5.41) is 19.8. The van der Waals surface area contributed by atoms with Crippen LogP contribution >= 0.6 is 23.2 Å². The largest absolute Gasteiger partial charge is 0.489 e. The number of furan rings is 1. The topological polar surface area (TPSA) is 96.5 Å². The number of fused-ring (bicyclic) bond motifs is 1. The molecule has 1 amide bonds. The Morgan fingerprint density at radius 2 is 2.03 bits per heavy atom. The second kappa shape index (κ2) is 10.7. The number of carbonyl (C=O) groups is 1. The van der Waals surface area contributed by atoms with E-state index in [1.165, 1.54) is 7.11 Å². The number of hydrogen-bond acceptors (Lipinski definition) is 7. The maximum atomic E-state index is 13.4. The summed E-state index contributed by atoms with van der Waals surface area (Å²) in [7, 11) is 1.35. The molecule has 1 aromatic heterocycles. The van der Waals surface area contributed by atoms with Gasteiger partial charge in [-0.2, -0.15) is 0 Å². The highest BCUT2D eigenvalue weighted by atomic mass is 35.5. The molecule has 0 bridgehead atoms. The number of nitrogens with zero attached hydrogens (tertiary/aromatic N) is 2. The SMILES string of the molecule is CON=C(C(=O)N[C@H](CN1CCC1)[C@H](O)c1ccc(OC2CC2)c(Cl)c1)c1cc2cc(Cl)ccc2o1. The highest BCUT2D eigenvalue weighted by Crippen LogP contribution is 2.34. The molecule has 2 aromatic carbocycles. The van der Waals surface area contributed by atoms with E-state index in [0.717, 1.165) is 37.7 Å². The van der Waals surface area contributed by atoms with E-state index in [2.05, 4.69) is 15.4 Å². The average molecular weight is 532 g/mol. The first kappa shape index (κ1) is 24.9. The van der Waals surface area contributed by atoms with Crippen LogP contribution in [0.25, 0.3) is 11.0 Å². The Labute approximate surface area is 218 Å². The molecule has 1 saturated carbocycles. The number of nitrogens with one attached hydrogen (secondary N) is 1. The average Bonchev–Trinajstić information content (AvgIpc) is 3.55. The smallest absolute Gasteiger partial charge is 0.277 e. The molecule has 2 fully saturated rings. The number of aliphatic hydroxyl groups excluding tert-OH is 1. The number of likely N-dealkylation sites (tertiary alicyclic amines) is 1. The van der Waals surface area contributed by atoms with Crippen molar-refractivity contribution in [3.63, 3.8) is 0 Å². The quantitative estimate of drug-likeness (QED) is 0.294. The lowest BCUT2D eigenvalue weighted by molar-refractivity contribution is -0.116. The van der Waals surface area contributed by atoms with Gasteiger partial charge >= 0.3 is 0 Å². The number of amides is 1.